The van der Waals surface area contributed by atoms with Gasteiger partial charge in [-0.1, -0.05) is 40.0 Å². The number of carbonyl (C=O) groups is 1. The van der Waals surface area contributed by atoms with Crippen molar-refractivity contribution in [1.82, 2.24) is 19.6 Å². The molecule has 152 valence electrons. The molecule has 0 spiro atoms. The Balaban J connectivity index is 2.04. The predicted molar refractivity (Wildman–Crippen MR) is 104 cm³/mol. The number of nitrogens with zero attached hydrogens (tertiary/aromatic N) is 4. The molecule has 0 atom stereocenters. The molecule has 0 amide bonds. The van der Waals surface area contributed by atoms with Crippen molar-refractivity contribution in [2.24, 2.45) is 16.6 Å². The molecule has 0 saturated heterocycles. The second-order valence-electron chi connectivity index (χ2n) is 8.74. The van der Waals surface area contributed by atoms with Gasteiger partial charge in [0.2, 0.25) is 5.88 Å². The van der Waals surface area contributed by atoms with E-state index in [4.69, 9.17) is 0 Å². The summed E-state index contributed by atoms with van der Waals surface area (Å²) in [5.41, 5.74) is 2.10. The zero-order valence-corrected chi connectivity index (χ0v) is 16.6. The van der Waals surface area contributed by atoms with Crippen molar-refractivity contribution in [3.8, 4) is 5.88 Å². The summed E-state index contributed by atoms with van der Waals surface area (Å²) in [5.74, 6) is -0.113. The Hall–Kier alpha value is -2.71. The molecule has 0 aromatic carbocycles. The Bertz CT molecular complexity index is 950. The molecule has 2 aromatic heterocycles. The van der Waals surface area contributed by atoms with E-state index < -0.39 is 11.4 Å². The molecule has 2 N–H and O–H groups in total. The number of hydrogen-bond acceptors (Lipinski definition) is 6. The SMILES string of the molecule is CC(C)(C)Cn1c(=O)c(C(=O)CCCC2CC2)c(O)n2nc(CNN=O)cc12. The summed E-state index contributed by atoms with van der Waals surface area (Å²) in [6.07, 6.45) is 4.33. The number of aromatic nitrogens is 3. The fourth-order valence-corrected chi connectivity index (χ4v) is 3.36. The predicted octanol–water partition coefficient (Wildman–Crippen LogP) is 2.78. The van der Waals surface area contributed by atoms with E-state index in [1.807, 2.05) is 20.8 Å². The van der Waals surface area contributed by atoms with Gasteiger partial charge >= 0.3 is 0 Å². The first kappa shape index (κ1) is 20.0. The zero-order chi connectivity index (χ0) is 20.5. The third-order valence-corrected chi connectivity index (χ3v) is 4.85. The van der Waals surface area contributed by atoms with E-state index in [9.17, 15) is 19.6 Å². The number of Topliss-reactive ketones (excluding diaryl/α,β-unsaturated/α-hetero) is 1. The largest absolute Gasteiger partial charge is 0.493 e. The topological polar surface area (TPSA) is 118 Å². The number of aromatic hydroxyl groups is 1. The monoisotopic (exact) mass is 389 g/mol. The zero-order valence-electron chi connectivity index (χ0n) is 16.6. The second-order valence-corrected chi connectivity index (χ2v) is 8.74. The van der Waals surface area contributed by atoms with Crippen LogP contribution in [0.3, 0.4) is 0 Å². The van der Waals surface area contributed by atoms with Crippen molar-refractivity contribution in [3.05, 3.63) is 32.6 Å². The van der Waals surface area contributed by atoms with Gasteiger partial charge in [0.1, 0.15) is 11.2 Å². The number of ketones is 1. The van der Waals surface area contributed by atoms with Crippen LogP contribution in [0.1, 0.15) is 68.9 Å². The summed E-state index contributed by atoms with van der Waals surface area (Å²) in [4.78, 5) is 36.2. The Morgan fingerprint density at radius 1 is 1.39 bits per heavy atom. The van der Waals surface area contributed by atoms with Crippen molar-refractivity contribution in [2.75, 3.05) is 0 Å². The van der Waals surface area contributed by atoms with Gasteiger partial charge < -0.3 is 5.11 Å². The van der Waals surface area contributed by atoms with Gasteiger partial charge in [0.25, 0.3) is 5.56 Å². The third kappa shape index (κ3) is 4.40. The lowest BCUT2D eigenvalue weighted by atomic mass is 9.96. The number of fused-ring (bicyclic) bond motifs is 1. The molecular weight excluding hydrogens is 362 g/mol. The lowest BCUT2D eigenvalue weighted by Crippen LogP contribution is -2.32. The smallest absolute Gasteiger partial charge is 0.268 e. The van der Waals surface area contributed by atoms with Gasteiger partial charge in [-0.05, 0) is 17.8 Å². The Kier molecular flexibility index (Phi) is 5.53. The van der Waals surface area contributed by atoms with Crippen LogP contribution in [-0.2, 0) is 13.1 Å². The molecule has 3 rings (SSSR count). The van der Waals surface area contributed by atoms with Gasteiger partial charge in [-0.15, -0.1) is 4.91 Å². The highest BCUT2D eigenvalue weighted by molar-refractivity contribution is 5.98. The van der Waals surface area contributed by atoms with Gasteiger partial charge in [0, 0.05) is 24.3 Å². The Morgan fingerprint density at radius 3 is 2.71 bits per heavy atom. The fraction of sp³-hybridized carbons (Fsp3) is 0.632. The van der Waals surface area contributed by atoms with Crippen LogP contribution in [0.5, 0.6) is 5.88 Å². The number of rotatable bonds is 9. The molecule has 0 unspecified atom stereocenters. The van der Waals surface area contributed by atoms with Gasteiger partial charge in [-0.25, -0.2) is 0 Å². The molecule has 0 radical (unpaired) electrons. The molecule has 2 aromatic rings. The average molecular weight is 389 g/mol. The molecule has 1 saturated carbocycles. The van der Waals surface area contributed by atoms with E-state index in [0.29, 0.717) is 30.2 Å². The minimum atomic E-state index is -0.510. The molecule has 2 heterocycles. The highest BCUT2D eigenvalue weighted by Gasteiger charge is 2.27. The van der Waals surface area contributed by atoms with Crippen LogP contribution < -0.4 is 11.0 Å². The molecular formula is C19H27N5O4. The van der Waals surface area contributed by atoms with Crippen LogP contribution >= 0.6 is 0 Å². The summed E-state index contributed by atoms with van der Waals surface area (Å²) in [5, 5.41) is 17.5. The van der Waals surface area contributed by atoms with E-state index in [2.05, 4.69) is 15.8 Å². The highest BCUT2D eigenvalue weighted by atomic mass is 16.3. The van der Waals surface area contributed by atoms with E-state index in [0.717, 1.165) is 6.42 Å². The van der Waals surface area contributed by atoms with Crippen molar-refractivity contribution < 1.29 is 9.90 Å². The second kappa shape index (κ2) is 7.73. The quantitative estimate of drug-likeness (QED) is 0.387. The maximum atomic E-state index is 13.1. The molecule has 1 aliphatic rings. The normalized spacial score (nSPS) is 14.4. The van der Waals surface area contributed by atoms with Crippen molar-refractivity contribution in [1.29, 1.82) is 0 Å². The lowest BCUT2D eigenvalue weighted by Gasteiger charge is -2.21. The standard InChI is InChI=1S/C19H27N5O4/c1-19(2,3)11-23-15-9-13(10-20-22-28)21-24(15)18(27)16(17(23)26)14(25)6-4-5-12-7-8-12/h9,12,27H,4-8,10-11H2,1-3H3,(H,20,28). The highest BCUT2D eigenvalue weighted by Crippen LogP contribution is 2.34. The Morgan fingerprint density at radius 2 is 2.11 bits per heavy atom. The van der Waals surface area contributed by atoms with Crippen LogP contribution in [0.2, 0.25) is 0 Å². The molecule has 9 heteroatoms. The Labute approximate surface area is 162 Å². The summed E-state index contributed by atoms with van der Waals surface area (Å²) < 4.78 is 2.67. The summed E-state index contributed by atoms with van der Waals surface area (Å²) in [6, 6.07) is 1.60. The van der Waals surface area contributed by atoms with E-state index in [-0.39, 0.29) is 29.7 Å². The summed E-state index contributed by atoms with van der Waals surface area (Å²) in [6.45, 7) is 6.35. The number of nitrogens with one attached hydrogen (secondary N) is 1. The molecule has 0 bridgehead atoms. The maximum absolute atomic E-state index is 13.1. The lowest BCUT2D eigenvalue weighted by molar-refractivity contribution is 0.0972. The number of nitroso groups, excluding NO2 is 1. The first-order valence-corrected chi connectivity index (χ1v) is 9.64. The van der Waals surface area contributed by atoms with Crippen LogP contribution in [0.25, 0.3) is 5.65 Å². The first-order valence-electron chi connectivity index (χ1n) is 9.64. The minimum absolute atomic E-state index is 0.0546. The number of carbonyl (C=O) groups excluding carboxylic acids is 1. The first-order chi connectivity index (χ1) is 13.2. The molecule has 9 nitrogen and oxygen atoms in total. The molecule has 0 aliphatic heterocycles. The van der Waals surface area contributed by atoms with Crippen molar-refractivity contribution >= 4 is 11.4 Å². The van der Waals surface area contributed by atoms with Crippen molar-refractivity contribution in [3.63, 3.8) is 0 Å². The third-order valence-electron chi connectivity index (χ3n) is 4.85. The summed E-state index contributed by atoms with van der Waals surface area (Å²) >= 11 is 0. The van der Waals surface area contributed by atoms with Gasteiger partial charge in [0.15, 0.2) is 5.78 Å². The van der Waals surface area contributed by atoms with Crippen LogP contribution in [0.4, 0.5) is 0 Å². The van der Waals surface area contributed by atoms with Crippen LogP contribution in [0, 0.1) is 16.2 Å². The molecule has 1 aliphatic carbocycles. The molecule has 1 fully saturated rings. The van der Waals surface area contributed by atoms with Gasteiger partial charge in [0.05, 0.1) is 12.2 Å². The fourth-order valence-electron chi connectivity index (χ4n) is 3.36. The van der Waals surface area contributed by atoms with Crippen molar-refractivity contribution in [2.45, 2.75) is 66.0 Å². The van der Waals surface area contributed by atoms with E-state index in [1.165, 1.54) is 21.9 Å². The van der Waals surface area contributed by atoms with Crippen LogP contribution in [0.15, 0.2) is 16.1 Å². The maximum Gasteiger partial charge on any atom is 0.268 e. The molecule has 28 heavy (non-hydrogen) atoms. The average Bonchev–Trinajstić information content (AvgIpc) is 3.33. The summed E-state index contributed by atoms with van der Waals surface area (Å²) in [7, 11) is 0. The van der Waals surface area contributed by atoms with E-state index >= 15 is 0 Å². The van der Waals surface area contributed by atoms with Gasteiger partial charge in [-0.3, -0.25) is 19.6 Å². The van der Waals surface area contributed by atoms with Gasteiger partial charge in [-0.2, -0.15) is 9.61 Å². The van der Waals surface area contributed by atoms with Crippen LogP contribution in [-0.4, -0.2) is 25.1 Å². The minimum Gasteiger partial charge on any atom is -0.493 e. The van der Waals surface area contributed by atoms with E-state index in [1.54, 1.807) is 6.07 Å². The number of hydrogen-bond donors (Lipinski definition) is 2.